The fraction of sp³-hybridized carbons (Fsp3) is 0.300. The molecule has 1 aliphatic rings. The normalized spacial score (nSPS) is 24.8. The zero-order chi connectivity index (χ0) is 11.0. The third-order valence-electron chi connectivity index (χ3n) is 2.21. The van der Waals surface area contributed by atoms with Gasteiger partial charge in [-0.2, -0.15) is 0 Å². The smallest absolute Gasteiger partial charge is 0.223 e. The van der Waals surface area contributed by atoms with E-state index in [1.54, 1.807) is 19.1 Å². The second-order valence-electron chi connectivity index (χ2n) is 3.34. The Morgan fingerprint density at radius 1 is 1.33 bits per heavy atom. The van der Waals surface area contributed by atoms with Crippen LogP contribution in [0.4, 0.5) is 0 Å². The number of nitrogens with zero attached hydrogens (tertiary/aromatic N) is 1. The van der Waals surface area contributed by atoms with Gasteiger partial charge in [0.15, 0.2) is 17.7 Å². The van der Waals surface area contributed by atoms with E-state index < -0.39 is 12.3 Å². The first-order valence-corrected chi connectivity index (χ1v) is 4.53. The van der Waals surface area contributed by atoms with Gasteiger partial charge in [-0.05, 0) is 19.1 Å². The summed E-state index contributed by atoms with van der Waals surface area (Å²) in [6.07, 6.45) is -1.37. The molecular formula is C10H11NO4. The van der Waals surface area contributed by atoms with Crippen LogP contribution in [0.2, 0.25) is 0 Å². The highest BCUT2D eigenvalue weighted by molar-refractivity contribution is 5.98. The van der Waals surface area contributed by atoms with Crippen LogP contribution in [0.3, 0.4) is 0 Å². The fourth-order valence-corrected chi connectivity index (χ4v) is 1.33. The minimum absolute atomic E-state index is 0.142. The highest BCUT2D eigenvalue weighted by atomic mass is 16.5. The summed E-state index contributed by atoms with van der Waals surface area (Å²) in [5, 5.41) is 28.1. The fourth-order valence-electron chi connectivity index (χ4n) is 1.33. The van der Waals surface area contributed by atoms with Crippen LogP contribution in [-0.4, -0.2) is 33.5 Å². The number of aliphatic hydroxyl groups is 1. The zero-order valence-corrected chi connectivity index (χ0v) is 8.08. The monoisotopic (exact) mass is 209 g/mol. The average Bonchev–Trinajstić information content (AvgIpc) is 2.51. The molecule has 0 spiro atoms. The molecule has 1 aromatic carbocycles. The van der Waals surface area contributed by atoms with E-state index in [9.17, 15) is 15.3 Å². The van der Waals surface area contributed by atoms with Crippen LogP contribution >= 0.6 is 0 Å². The molecule has 0 saturated carbocycles. The quantitative estimate of drug-likeness (QED) is 0.591. The summed E-state index contributed by atoms with van der Waals surface area (Å²) in [5.74, 6) is -0.395. The number of aliphatic imine (C=N–C) groups is 1. The number of para-hydroxylation sites is 1. The molecule has 2 unspecified atom stereocenters. The van der Waals surface area contributed by atoms with Crippen LogP contribution < -0.4 is 0 Å². The second-order valence-corrected chi connectivity index (χ2v) is 3.34. The van der Waals surface area contributed by atoms with Crippen molar-refractivity contribution in [1.29, 1.82) is 0 Å². The summed E-state index contributed by atoms with van der Waals surface area (Å²) in [5.41, 5.74) is 0.276. The number of hydrogen-bond acceptors (Lipinski definition) is 5. The number of ether oxygens (including phenoxy) is 1. The number of aliphatic hydroxyl groups excluding tert-OH is 1. The van der Waals surface area contributed by atoms with Gasteiger partial charge >= 0.3 is 0 Å². The number of hydrogen-bond donors (Lipinski definition) is 3. The van der Waals surface area contributed by atoms with Crippen molar-refractivity contribution < 1.29 is 20.1 Å². The van der Waals surface area contributed by atoms with Crippen molar-refractivity contribution in [3.05, 3.63) is 23.8 Å². The Bertz CT molecular complexity index is 416. The standard InChI is InChI=1S/C10H11NO4/c1-5-9(14)11-10(15-5)6-3-2-4-7(12)8(6)13/h2-5,9,12-14H,1H3. The maximum atomic E-state index is 9.54. The summed E-state index contributed by atoms with van der Waals surface area (Å²) >= 11 is 0. The Kier molecular flexibility index (Phi) is 2.24. The second kappa shape index (κ2) is 3.43. The number of phenols is 2. The van der Waals surface area contributed by atoms with Crippen molar-refractivity contribution >= 4 is 5.90 Å². The molecule has 1 aromatic rings. The summed E-state index contributed by atoms with van der Waals surface area (Å²) in [6, 6.07) is 4.47. The average molecular weight is 209 g/mol. The number of benzene rings is 1. The Balaban J connectivity index is 2.39. The molecule has 3 N–H and O–H groups in total. The lowest BCUT2D eigenvalue weighted by atomic mass is 10.2. The van der Waals surface area contributed by atoms with Crippen LogP contribution in [0.5, 0.6) is 11.5 Å². The minimum Gasteiger partial charge on any atom is -0.504 e. The highest BCUT2D eigenvalue weighted by Gasteiger charge is 2.27. The van der Waals surface area contributed by atoms with E-state index in [0.29, 0.717) is 0 Å². The SMILES string of the molecule is CC1OC(c2cccc(O)c2O)=NC1O. The highest BCUT2D eigenvalue weighted by Crippen LogP contribution is 2.30. The molecule has 5 nitrogen and oxygen atoms in total. The van der Waals surface area contributed by atoms with Gasteiger partial charge in [-0.1, -0.05) is 6.07 Å². The molecule has 0 fully saturated rings. The predicted molar refractivity (Wildman–Crippen MR) is 52.9 cm³/mol. The van der Waals surface area contributed by atoms with Crippen LogP contribution in [0, 0.1) is 0 Å². The lowest BCUT2D eigenvalue weighted by molar-refractivity contribution is 0.0768. The lowest BCUT2D eigenvalue weighted by Gasteiger charge is -2.08. The van der Waals surface area contributed by atoms with E-state index in [0.717, 1.165) is 0 Å². The van der Waals surface area contributed by atoms with Crippen LogP contribution in [0.25, 0.3) is 0 Å². The molecule has 0 aromatic heterocycles. The van der Waals surface area contributed by atoms with Crippen molar-refractivity contribution in [2.45, 2.75) is 19.3 Å². The van der Waals surface area contributed by atoms with E-state index in [1.165, 1.54) is 6.07 Å². The van der Waals surface area contributed by atoms with Crippen molar-refractivity contribution in [2.24, 2.45) is 4.99 Å². The third kappa shape index (κ3) is 1.61. The minimum atomic E-state index is -0.929. The molecule has 5 heteroatoms. The predicted octanol–water partition coefficient (Wildman–Crippen LogP) is 0.581. The maximum Gasteiger partial charge on any atom is 0.223 e. The van der Waals surface area contributed by atoms with Gasteiger partial charge in [0.25, 0.3) is 0 Å². The van der Waals surface area contributed by atoms with Gasteiger partial charge < -0.3 is 20.1 Å². The molecule has 1 heterocycles. The molecule has 0 bridgehead atoms. The number of phenolic OH excluding ortho intramolecular Hbond substituents is 2. The Hall–Kier alpha value is -1.75. The van der Waals surface area contributed by atoms with E-state index in [-0.39, 0.29) is 23.0 Å². The lowest BCUT2D eigenvalue weighted by Crippen LogP contribution is -2.17. The zero-order valence-electron chi connectivity index (χ0n) is 8.08. The topological polar surface area (TPSA) is 82.3 Å². The van der Waals surface area contributed by atoms with E-state index in [1.807, 2.05) is 0 Å². The summed E-state index contributed by atoms with van der Waals surface area (Å²) in [7, 11) is 0. The van der Waals surface area contributed by atoms with Gasteiger partial charge in [-0.15, -0.1) is 0 Å². The molecule has 2 atom stereocenters. The van der Waals surface area contributed by atoms with E-state index in [4.69, 9.17) is 4.74 Å². The Morgan fingerprint density at radius 2 is 2.07 bits per heavy atom. The van der Waals surface area contributed by atoms with Gasteiger partial charge in [0.2, 0.25) is 5.90 Å². The molecule has 1 aliphatic heterocycles. The van der Waals surface area contributed by atoms with Gasteiger partial charge in [0.1, 0.15) is 6.10 Å². The van der Waals surface area contributed by atoms with E-state index >= 15 is 0 Å². The van der Waals surface area contributed by atoms with Crippen molar-refractivity contribution in [3.63, 3.8) is 0 Å². The molecule has 0 radical (unpaired) electrons. The van der Waals surface area contributed by atoms with Crippen LogP contribution in [0.15, 0.2) is 23.2 Å². The first-order valence-electron chi connectivity index (χ1n) is 4.53. The van der Waals surface area contributed by atoms with Gasteiger partial charge in [0.05, 0.1) is 5.56 Å². The molecule has 80 valence electrons. The molecule has 0 amide bonds. The number of rotatable bonds is 1. The van der Waals surface area contributed by atoms with Crippen molar-refractivity contribution in [1.82, 2.24) is 0 Å². The number of aromatic hydroxyl groups is 2. The maximum absolute atomic E-state index is 9.54. The Morgan fingerprint density at radius 3 is 2.67 bits per heavy atom. The summed E-state index contributed by atoms with van der Waals surface area (Å²) in [4.78, 5) is 3.82. The van der Waals surface area contributed by atoms with Crippen molar-refractivity contribution in [2.75, 3.05) is 0 Å². The van der Waals surface area contributed by atoms with Crippen LogP contribution in [-0.2, 0) is 4.74 Å². The van der Waals surface area contributed by atoms with Gasteiger partial charge in [-0.3, -0.25) is 0 Å². The summed E-state index contributed by atoms with van der Waals surface area (Å²) in [6.45, 7) is 1.67. The Labute approximate surface area is 86.3 Å². The van der Waals surface area contributed by atoms with Gasteiger partial charge in [0, 0.05) is 0 Å². The third-order valence-corrected chi connectivity index (χ3v) is 2.21. The van der Waals surface area contributed by atoms with Crippen molar-refractivity contribution in [3.8, 4) is 11.5 Å². The van der Waals surface area contributed by atoms with Crippen LogP contribution in [0.1, 0.15) is 12.5 Å². The first kappa shape index (κ1) is 9.79. The van der Waals surface area contributed by atoms with Gasteiger partial charge in [-0.25, -0.2) is 4.99 Å². The molecule has 0 saturated heterocycles. The first-order chi connectivity index (χ1) is 7.09. The van der Waals surface area contributed by atoms with E-state index in [2.05, 4.69) is 4.99 Å². The molecule has 0 aliphatic carbocycles. The molecular weight excluding hydrogens is 198 g/mol. The largest absolute Gasteiger partial charge is 0.504 e. The molecule has 15 heavy (non-hydrogen) atoms. The molecule has 2 rings (SSSR count). The summed E-state index contributed by atoms with van der Waals surface area (Å²) < 4.78 is 5.22.